The SMILES string of the molecule is COC1(OC2COC(CO)C2C)CCN(c2ccccc2F)CC1. The molecule has 24 heavy (non-hydrogen) atoms. The third-order valence-electron chi connectivity index (χ3n) is 5.28. The number of aliphatic hydroxyl groups is 1. The van der Waals surface area contributed by atoms with E-state index in [1.165, 1.54) is 6.07 Å². The Bertz CT molecular complexity index is 548. The van der Waals surface area contributed by atoms with E-state index >= 15 is 0 Å². The van der Waals surface area contributed by atoms with Gasteiger partial charge in [-0.15, -0.1) is 0 Å². The number of aliphatic hydroxyl groups excluding tert-OH is 1. The Morgan fingerprint density at radius 1 is 1.33 bits per heavy atom. The highest BCUT2D eigenvalue weighted by Gasteiger charge is 2.43. The van der Waals surface area contributed by atoms with Gasteiger partial charge in [-0.05, 0) is 12.1 Å². The lowest BCUT2D eigenvalue weighted by Gasteiger charge is -2.43. The zero-order valence-electron chi connectivity index (χ0n) is 14.3. The van der Waals surface area contributed by atoms with Crippen LogP contribution in [0.3, 0.4) is 0 Å². The van der Waals surface area contributed by atoms with Crippen molar-refractivity contribution < 1.29 is 23.7 Å². The first-order valence-electron chi connectivity index (χ1n) is 8.53. The van der Waals surface area contributed by atoms with E-state index in [9.17, 15) is 9.50 Å². The van der Waals surface area contributed by atoms with Gasteiger partial charge in [-0.3, -0.25) is 0 Å². The van der Waals surface area contributed by atoms with Gasteiger partial charge in [0.1, 0.15) is 5.82 Å². The van der Waals surface area contributed by atoms with Crippen LogP contribution in [0.1, 0.15) is 19.8 Å². The number of anilines is 1. The summed E-state index contributed by atoms with van der Waals surface area (Å²) in [4.78, 5) is 2.03. The van der Waals surface area contributed by atoms with Crippen LogP contribution in [0.5, 0.6) is 0 Å². The molecular formula is C18H26FNO4. The Balaban J connectivity index is 1.63. The van der Waals surface area contributed by atoms with E-state index in [-0.39, 0.29) is 30.5 Å². The second-order valence-electron chi connectivity index (χ2n) is 6.62. The molecular weight excluding hydrogens is 313 g/mol. The number of hydrogen-bond donors (Lipinski definition) is 1. The highest BCUT2D eigenvalue weighted by Crippen LogP contribution is 2.35. The normalized spacial score (nSPS) is 29.8. The molecule has 2 aliphatic rings. The van der Waals surface area contributed by atoms with Crippen molar-refractivity contribution in [3.8, 4) is 0 Å². The molecule has 3 unspecified atom stereocenters. The second-order valence-corrected chi connectivity index (χ2v) is 6.62. The quantitative estimate of drug-likeness (QED) is 0.834. The average Bonchev–Trinajstić information content (AvgIpc) is 2.96. The third-order valence-corrected chi connectivity index (χ3v) is 5.28. The molecule has 0 spiro atoms. The van der Waals surface area contributed by atoms with Gasteiger partial charge in [-0.25, -0.2) is 4.39 Å². The highest BCUT2D eigenvalue weighted by atomic mass is 19.1. The van der Waals surface area contributed by atoms with Crippen molar-refractivity contribution >= 4 is 5.69 Å². The highest BCUT2D eigenvalue weighted by molar-refractivity contribution is 5.48. The number of halogens is 1. The van der Waals surface area contributed by atoms with Crippen LogP contribution in [0, 0.1) is 11.7 Å². The topological polar surface area (TPSA) is 51.2 Å². The van der Waals surface area contributed by atoms with Gasteiger partial charge in [0, 0.05) is 39.0 Å². The lowest BCUT2D eigenvalue weighted by molar-refractivity contribution is -0.259. The monoisotopic (exact) mass is 339 g/mol. The van der Waals surface area contributed by atoms with E-state index in [2.05, 4.69) is 0 Å². The zero-order chi connectivity index (χ0) is 17.2. The molecule has 3 rings (SSSR count). The molecule has 0 aromatic heterocycles. The summed E-state index contributed by atoms with van der Waals surface area (Å²) >= 11 is 0. The Kier molecular flexibility index (Phi) is 5.39. The summed E-state index contributed by atoms with van der Waals surface area (Å²) in [6.45, 7) is 3.83. The maximum atomic E-state index is 14.0. The first kappa shape index (κ1) is 17.6. The number of rotatable bonds is 5. The van der Waals surface area contributed by atoms with Crippen molar-refractivity contribution in [2.45, 2.75) is 37.8 Å². The molecule has 6 heteroatoms. The predicted molar refractivity (Wildman–Crippen MR) is 88.4 cm³/mol. The van der Waals surface area contributed by atoms with Crippen molar-refractivity contribution in [1.82, 2.24) is 0 Å². The Hall–Kier alpha value is -1.21. The van der Waals surface area contributed by atoms with E-state index in [1.807, 2.05) is 17.9 Å². The number of piperidine rings is 1. The molecule has 1 aromatic rings. The van der Waals surface area contributed by atoms with E-state index in [0.29, 0.717) is 38.2 Å². The summed E-state index contributed by atoms with van der Waals surface area (Å²) in [6, 6.07) is 6.83. The van der Waals surface area contributed by atoms with Gasteiger partial charge in [0.05, 0.1) is 31.1 Å². The standard InChI is InChI=1S/C18H26FNO4/c1-13-16(11-21)23-12-17(13)24-18(22-2)7-9-20(10-8-18)15-6-4-3-5-14(15)19/h3-6,13,16-17,21H,7-12H2,1-2H3. The third kappa shape index (κ3) is 3.42. The molecule has 0 radical (unpaired) electrons. The zero-order valence-corrected chi connectivity index (χ0v) is 14.3. The van der Waals surface area contributed by atoms with Crippen molar-refractivity contribution in [3.05, 3.63) is 30.1 Å². The second kappa shape index (κ2) is 7.35. The van der Waals surface area contributed by atoms with Crippen LogP contribution in [0.15, 0.2) is 24.3 Å². The van der Waals surface area contributed by atoms with Gasteiger partial charge in [0.25, 0.3) is 0 Å². The molecule has 0 bridgehead atoms. The van der Waals surface area contributed by atoms with Crippen LogP contribution in [0.25, 0.3) is 0 Å². The molecule has 1 aromatic carbocycles. The van der Waals surface area contributed by atoms with Crippen LogP contribution in [-0.2, 0) is 14.2 Å². The molecule has 0 saturated carbocycles. The average molecular weight is 339 g/mol. The minimum atomic E-state index is -0.672. The fourth-order valence-corrected chi connectivity index (χ4v) is 3.56. The summed E-state index contributed by atoms with van der Waals surface area (Å²) in [5, 5.41) is 9.31. The minimum Gasteiger partial charge on any atom is -0.394 e. The molecule has 1 N–H and O–H groups in total. The fourth-order valence-electron chi connectivity index (χ4n) is 3.56. The Morgan fingerprint density at radius 2 is 2.04 bits per heavy atom. The molecule has 2 heterocycles. The van der Waals surface area contributed by atoms with Gasteiger partial charge in [0.15, 0.2) is 5.79 Å². The van der Waals surface area contributed by atoms with Gasteiger partial charge < -0.3 is 24.2 Å². The van der Waals surface area contributed by atoms with Crippen LogP contribution >= 0.6 is 0 Å². The molecule has 2 aliphatic heterocycles. The summed E-state index contributed by atoms with van der Waals surface area (Å²) in [7, 11) is 1.66. The maximum absolute atomic E-state index is 14.0. The Morgan fingerprint density at radius 3 is 2.62 bits per heavy atom. The molecule has 134 valence electrons. The molecule has 3 atom stereocenters. The lowest BCUT2D eigenvalue weighted by Crippen LogP contribution is -2.50. The van der Waals surface area contributed by atoms with Gasteiger partial charge in [-0.2, -0.15) is 0 Å². The number of hydrogen-bond acceptors (Lipinski definition) is 5. The first-order chi connectivity index (χ1) is 11.6. The van der Waals surface area contributed by atoms with E-state index < -0.39 is 5.79 Å². The minimum absolute atomic E-state index is 0.00205. The molecule has 0 amide bonds. The summed E-state index contributed by atoms with van der Waals surface area (Å²) in [5.41, 5.74) is 0.625. The van der Waals surface area contributed by atoms with E-state index in [4.69, 9.17) is 14.2 Å². The van der Waals surface area contributed by atoms with Gasteiger partial charge in [-0.1, -0.05) is 19.1 Å². The number of ether oxygens (including phenoxy) is 3. The molecule has 2 fully saturated rings. The summed E-state index contributed by atoms with van der Waals surface area (Å²) in [5.74, 6) is -0.757. The number of benzene rings is 1. The molecule has 5 nitrogen and oxygen atoms in total. The lowest BCUT2D eigenvalue weighted by atomic mass is 9.99. The van der Waals surface area contributed by atoms with Crippen molar-refractivity contribution in [2.24, 2.45) is 5.92 Å². The maximum Gasteiger partial charge on any atom is 0.171 e. The Labute approximate surface area is 142 Å². The van der Waals surface area contributed by atoms with Crippen LogP contribution in [-0.4, -0.2) is 56.5 Å². The van der Waals surface area contributed by atoms with Crippen molar-refractivity contribution in [1.29, 1.82) is 0 Å². The summed E-state index contributed by atoms with van der Waals surface area (Å²) < 4.78 is 31.5. The van der Waals surface area contributed by atoms with Crippen LogP contribution in [0.4, 0.5) is 10.1 Å². The van der Waals surface area contributed by atoms with Crippen molar-refractivity contribution in [3.63, 3.8) is 0 Å². The van der Waals surface area contributed by atoms with Crippen LogP contribution in [0.2, 0.25) is 0 Å². The smallest absolute Gasteiger partial charge is 0.171 e. The molecule has 2 saturated heterocycles. The fraction of sp³-hybridized carbons (Fsp3) is 0.667. The summed E-state index contributed by atoms with van der Waals surface area (Å²) in [6.07, 6.45) is 1.04. The van der Waals surface area contributed by atoms with Gasteiger partial charge in [0.2, 0.25) is 0 Å². The number of nitrogens with zero attached hydrogens (tertiary/aromatic N) is 1. The number of methoxy groups -OCH3 is 1. The van der Waals surface area contributed by atoms with E-state index in [0.717, 1.165) is 0 Å². The first-order valence-corrected chi connectivity index (χ1v) is 8.53. The largest absolute Gasteiger partial charge is 0.394 e. The van der Waals surface area contributed by atoms with Gasteiger partial charge >= 0.3 is 0 Å². The van der Waals surface area contributed by atoms with Crippen molar-refractivity contribution in [2.75, 3.05) is 38.3 Å². The van der Waals surface area contributed by atoms with Crippen LogP contribution < -0.4 is 4.90 Å². The van der Waals surface area contributed by atoms with E-state index in [1.54, 1.807) is 19.2 Å². The molecule has 0 aliphatic carbocycles. The number of para-hydroxylation sites is 1. The predicted octanol–water partition coefficient (Wildman–Crippen LogP) is 2.18.